The normalized spacial score (nSPS) is 20.8. The Morgan fingerprint density at radius 2 is 2.43 bits per heavy atom. The second-order valence-electron chi connectivity index (χ2n) is 5.80. The number of ether oxygens (including phenoxy) is 1. The Kier molecular flexibility index (Phi) is 4.25. The van der Waals surface area contributed by atoms with Crippen LogP contribution in [0.3, 0.4) is 0 Å². The minimum absolute atomic E-state index is 0.116. The lowest BCUT2D eigenvalue weighted by atomic mass is 10.1. The number of likely N-dealkylation sites (tertiary alicyclic amines) is 1. The van der Waals surface area contributed by atoms with E-state index in [1.807, 2.05) is 30.2 Å². The number of hydrogen-bond donors (Lipinski definition) is 1. The van der Waals surface area contributed by atoms with Crippen molar-refractivity contribution in [2.24, 2.45) is 5.92 Å². The molecule has 0 radical (unpaired) electrons. The highest BCUT2D eigenvalue weighted by Gasteiger charge is 2.24. The van der Waals surface area contributed by atoms with Crippen molar-refractivity contribution in [3.05, 3.63) is 35.4 Å². The highest BCUT2D eigenvalue weighted by Crippen LogP contribution is 2.26. The van der Waals surface area contributed by atoms with Crippen LogP contribution in [-0.4, -0.2) is 44.1 Å². The number of benzene rings is 1. The number of carbonyl (C=O) groups excluding carboxylic acids is 1. The molecule has 4 heteroatoms. The summed E-state index contributed by atoms with van der Waals surface area (Å²) in [4.78, 5) is 14.1. The van der Waals surface area contributed by atoms with Gasteiger partial charge >= 0.3 is 0 Å². The van der Waals surface area contributed by atoms with Gasteiger partial charge in [0.05, 0.1) is 6.61 Å². The first-order chi connectivity index (χ1) is 10.3. The minimum atomic E-state index is 0.116. The van der Waals surface area contributed by atoms with E-state index in [1.165, 1.54) is 5.56 Å². The first-order valence-corrected chi connectivity index (χ1v) is 7.63. The number of carbonyl (C=O) groups is 1. The fourth-order valence-electron chi connectivity index (χ4n) is 3.07. The number of rotatable bonds is 4. The van der Waals surface area contributed by atoms with Crippen LogP contribution in [0.1, 0.15) is 17.5 Å². The molecule has 3 rings (SSSR count). The maximum Gasteiger partial charge on any atom is 0.246 e. The third kappa shape index (κ3) is 3.27. The fourth-order valence-corrected chi connectivity index (χ4v) is 3.07. The molecule has 1 aromatic carbocycles. The zero-order valence-corrected chi connectivity index (χ0v) is 12.5. The topological polar surface area (TPSA) is 41.6 Å². The van der Waals surface area contributed by atoms with Crippen molar-refractivity contribution in [3.8, 4) is 5.75 Å². The molecule has 0 aromatic heterocycles. The van der Waals surface area contributed by atoms with Gasteiger partial charge in [-0.2, -0.15) is 0 Å². The number of nitrogens with zero attached hydrogens (tertiary/aromatic N) is 1. The Bertz CT molecular complexity index is 554. The molecule has 112 valence electrons. The van der Waals surface area contributed by atoms with Crippen LogP contribution in [0, 0.1) is 5.92 Å². The van der Waals surface area contributed by atoms with Crippen molar-refractivity contribution in [1.82, 2.24) is 10.2 Å². The van der Waals surface area contributed by atoms with Crippen molar-refractivity contribution < 1.29 is 9.53 Å². The van der Waals surface area contributed by atoms with Crippen molar-refractivity contribution in [2.75, 3.05) is 33.3 Å². The second kappa shape index (κ2) is 6.31. The highest BCUT2D eigenvalue weighted by molar-refractivity contribution is 5.92. The van der Waals surface area contributed by atoms with Gasteiger partial charge in [0.15, 0.2) is 0 Å². The first kappa shape index (κ1) is 14.1. The van der Waals surface area contributed by atoms with Gasteiger partial charge in [0.1, 0.15) is 5.75 Å². The second-order valence-corrected chi connectivity index (χ2v) is 5.80. The molecule has 2 aliphatic heterocycles. The van der Waals surface area contributed by atoms with Crippen molar-refractivity contribution in [3.63, 3.8) is 0 Å². The maximum atomic E-state index is 12.2. The first-order valence-electron chi connectivity index (χ1n) is 7.63. The molecule has 2 aliphatic rings. The van der Waals surface area contributed by atoms with Gasteiger partial charge < -0.3 is 15.0 Å². The van der Waals surface area contributed by atoms with E-state index in [4.69, 9.17) is 4.74 Å². The molecule has 4 nitrogen and oxygen atoms in total. The van der Waals surface area contributed by atoms with E-state index in [1.54, 1.807) is 6.08 Å². The molecule has 1 N–H and O–H groups in total. The van der Waals surface area contributed by atoms with Crippen LogP contribution < -0.4 is 10.1 Å². The number of fused-ring (bicyclic) bond motifs is 1. The zero-order chi connectivity index (χ0) is 14.7. The Labute approximate surface area is 125 Å². The summed E-state index contributed by atoms with van der Waals surface area (Å²) in [6, 6.07) is 6.10. The smallest absolute Gasteiger partial charge is 0.246 e. The predicted molar refractivity (Wildman–Crippen MR) is 83.3 cm³/mol. The van der Waals surface area contributed by atoms with Gasteiger partial charge in [0, 0.05) is 25.6 Å². The molecule has 0 spiro atoms. The molecular formula is C17H22N2O2. The minimum Gasteiger partial charge on any atom is -0.493 e. The zero-order valence-electron chi connectivity index (χ0n) is 12.5. The molecule has 1 saturated heterocycles. The Morgan fingerprint density at radius 3 is 3.29 bits per heavy atom. The van der Waals surface area contributed by atoms with E-state index >= 15 is 0 Å². The summed E-state index contributed by atoms with van der Waals surface area (Å²) in [6.07, 6.45) is 5.66. The van der Waals surface area contributed by atoms with E-state index in [0.717, 1.165) is 50.4 Å². The largest absolute Gasteiger partial charge is 0.493 e. The average molecular weight is 286 g/mol. The van der Waals surface area contributed by atoms with Gasteiger partial charge in [-0.1, -0.05) is 6.07 Å². The fraction of sp³-hybridized carbons (Fsp3) is 0.471. The molecular weight excluding hydrogens is 264 g/mol. The number of hydrogen-bond acceptors (Lipinski definition) is 3. The molecule has 1 unspecified atom stereocenters. The van der Waals surface area contributed by atoms with Crippen LogP contribution in [0.25, 0.3) is 6.08 Å². The predicted octanol–water partition coefficient (Wildman–Crippen LogP) is 1.70. The summed E-state index contributed by atoms with van der Waals surface area (Å²) in [6.45, 7) is 3.48. The van der Waals surface area contributed by atoms with E-state index in [0.29, 0.717) is 5.92 Å². The summed E-state index contributed by atoms with van der Waals surface area (Å²) in [5, 5.41) is 3.18. The lowest BCUT2D eigenvalue weighted by Crippen LogP contribution is -2.28. The lowest BCUT2D eigenvalue weighted by Gasteiger charge is -2.14. The summed E-state index contributed by atoms with van der Waals surface area (Å²) in [5.74, 6) is 1.68. The van der Waals surface area contributed by atoms with Crippen molar-refractivity contribution >= 4 is 12.0 Å². The Hall–Kier alpha value is -1.81. The SMILES string of the molecule is CNCC1CCN(C(=O)/C=C/c2ccc3c(c2)CCO3)C1. The summed E-state index contributed by atoms with van der Waals surface area (Å²) < 4.78 is 5.49. The number of amides is 1. The van der Waals surface area contributed by atoms with Gasteiger partial charge in [0.2, 0.25) is 5.91 Å². The van der Waals surface area contributed by atoms with Crippen molar-refractivity contribution in [1.29, 1.82) is 0 Å². The van der Waals surface area contributed by atoms with Crippen LogP contribution in [0.4, 0.5) is 0 Å². The van der Waals surface area contributed by atoms with Gasteiger partial charge in [-0.15, -0.1) is 0 Å². The van der Waals surface area contributed by atoms with E-state index in [-0.39, 0.29) is 5.91 Å². The van der Waals surface area contributed by atoms with Crippen LogP contribution in [0.2, 0.25) is 0 Å². The van der Waals surface area contributed by atoms with Crippen LogP contribution >= 0.6 is 0 Å². The average Bonchev–Trinajstić information content (AvgIpc) is 3.13. The molecule has 0 bridgehead atoms. The van der Waals surface area contributed by atoms with Crippen LogP contribution in [0.5, 0.6) is 5.75 Å². The molecule has 1 fully saturated rings. The summed E-state index contributed by atoms with van der Waals surface area (Å²) >= 11 is 0. The number of nitrogens with one attached hydrogen (secondary N) is 1. The third-order valence-electron chi connectivity index (χ3n) is 4.22. The van der Waals surface area contributed by atoms with Gasteiger partial charge in [-0.25, -0.2) is 0 Å². The van der Waals surface area contributed by atoms with Crippen molar-refractivity contribution in [2.45, 2.75) is 12.8 Å². The summed E-state index contributed by atoms with van der Waals surface area (Å²) in [5.41, 5.74) is 2.30. The van der Waals surface area contributed by atoms with E-state index in [9.17, 15) is 4.79 Å². The van der Waals surface area contributed by atoms with Gasteiger partial charge in [-0.3, -0.25) is 4.79 Å². The van der Waals surface area contributed by atoms with Crippen LogP contribution in [-0.2, 0) is 11.2 Å². The monoisotopic (exact) mass is 286 g/mol. The summed E-state index contributed by atoms with van der Waals surface area (Å²) in [7, 11) is 1.96. The molecule has 0 saturated carbocycles. The lowest BCUT2D eigenvalue weighted by molar-refractivity contribution is -0.125. The van der Waals surface area contributed by atoms with Crippen LogP contribution in [0.15, 0.2) is 24.3 Å². The Balaban J connectivity index is 1.60. The molecule has 1 amide bonds. The highest BCUT2D eigenvalue weighted by atomic mass is 16.5. The molecule has 1 atom stereocenters. The standard InChI is InChI=1S/C17H22N2O2/c1-18-11-14-6-8-19(12-14)17(20)5-3-13-2-4-16-15(10-13)7-9-21-16/h2-5,10,14,18H,6-9,11-12H2,1H3/b5-3+. The molecule has 1 aromatic rings. The van der Waals surface area contributed by atoms with E-state index in [2.05, 4.69) is 11.4 Å². The molecule has 21 heavy (non-hydrogen) atoms. The van der Waals surface area contributed by atoms with E-state index < -0.39 is 0 Å². The third-order valence-corrected chi connectivity index (χ3v) is 4.22. The quantitative estimate of drug-likeness (QED) is 0.857. The molecule has 2 heterocycles. The van der Waals surface area contributed by atoms with Gasteiger partial charge in [-0.05, 0) is 55.3 Å². The molecule has 0 aliphatic carbocycles. The maximum absolute atomic E-state index is 12.2. The Morgan fingerprint density at radius 1 is 1.52 bits per heavy atom. The van der Waals surface area contributed by atoms with Gasteiger partial charge in [0.25, 0.3) is 0 Å².